The quantitative estimate of drug-likeness (QED) is 0.251. The third kappa shape index (κ3) is 4.34. The van der Waals surface area contributed by atoms with Crippen molar-refractivity contribution in [3.63, 3.8) is 0 Å². The fraction of sp³-hybridized carbons (Fsp3) is 0.200. The average molecular weight is 540 g/mol. The number of rotatable bonds is 7. The van der Waals surface area contributed by atoms with E-state index >= 15 is 0 Å². The number of nitrogens with zero attached hydrogens (tertiary/aromatic N) is 3. The lowest BCUT2D eigenvalue weighted by Gasteiger charge is -2.23. The molecule has 1 aliphatic heterocycles. The van der Waals surface area contributed by atoms with Crippen LogP contribution in [-0.2, 0) is 6.61 Å². The van der Waals surface area contributed by atoms with Gasteiger partial charge in [0.25, 0.3) is 5.91 Å². The SMILES string of the molecule is CCOc1cc(C2c3c(oc4cc(C)c(C)cc4c3=O)C(=O)N2c2nncs2)ccc1OCc1ccccc1. The highest BCUT2D eigenvalue weighted by Crippen LogP contribution is 2.43. The van der Waals surface area contributed by atoms with Crippen LogP contribution in [0.4, 0.5) is 5.13 Å². The Morgan fingerprint density at radius 2 is 1.77 bits per heavy atom. The van der Waals surface area contributed by atoms with Crippen LogP contribution < -0.4 is 19.8 Å². The summed E-state index contributed by atoms with van der Waals surface area (Å²) >= 11 is 1.21. The maximum atomic E-state index is 13.9. The fourth-order valence-electron chi connectivity index (χ4n) is 4.83. The van der Waals surface area contributed by atoms with Crippen LogP contribution in [0.15, 0.2) is 75.4 Å². The maximum absolute atomic E-state index is 13.9. The Morgan fingerprint density at radius 1 is 0.974 bits per heavy atom. The van der Waals surface area contributed by atoms with Crippen LogP contribution in [0.5, 0.6) is 11.5 Å². The second-order valence-electron chi connectivity index (χ2n) is 9.32. The molecular formula is C30H25N3O5S. The number of ether oxygens (including phenoxy) is 2. The minimum absolute atomic E-state index is 0.0123. The van der Waals surface area contributed by atoms with Crippen molar-refractivity contribution in [1.29, 1.82) is 0 Å². The van der Waals surface area contributed by atoms with E-state index in [9.17, 15) is 9.59 Å². The molecule has 196 valence electrons. The molecule has 0 radical (unpaired) electrons. The van der Waals surface area contributed by atoms with Crippen LogP contribution in [0, 0.1) is 13.8 Å². The van der Waals surface area contributed by atoms with Crippen LogP contribution in [0.3, 0.4) is 0 Å². The van der Waals surface area contributed by atoms with E-state index in [1.165, 1.54) is 16.2 Å². The highest BCUT2D eigenvalue weighted by Gasteiger charge is 2.45. The molecular weight excluding hydrogens is 514 g/mol. The predicted octanol–water partition coefficient (Wildman–Crippen LogP) is 5.99. The zero-order valence-electron chi connectivity index (χ0n) is 21.6. The molecule has 2 aromatic heterocycles. The summed E-state index contributed by atoms with van der Waals surface area (Å²) in [5, 5.41) is 8.88. The maximum Gasteiger partial charge on any atom is 0.297 e. The molecule has 0 bridgehead atoms. The molecule has 3 heterocycles. The number of hydrogen-bond donors (Lipinski definition) is 0. The Morgan fingerprint density at radius 3 is 2.51 bits per heavy atom. The molecule has 39 heavy (non-hydrogen) atoms. The first-order valence-corrected chi connectivity index (χ1v) is 13.5. The van der Waals surface area contributed by atoms with E-state index in [-0.39, 0.29) is 16.8 Å². The molecule has 0 fully saturated rings. The van der Waals surface area contributed by atoms with Gasteiger partial charge in [-0.15, -0.1) is 10.2 Å². The highest BCUT2D eigenvalue weighted by atomic mass is 32.1. The van der Waals surface area contributed by atoms with E-state index in [1.807, 2.05) is 69.3 Å². The van der Waals surface area contributed by atoms with Crippen molar-refractivity contribution < 1.29 is 18.7 Å². The second kappa shape index (κ2) is 9.99. The molecule has 8 nitrogen and oxygen atoms in total. The number of amides is 1. The lowest BCUT2D eigenvalue weighted by atomic mass is 9.97. The first kappa shape index (κ1) is 24.8. The Labute approximate surface area is 228 Å². The van der Waals surface area contributed by atoms with Gasteiger partial charge in [-0.05, 0) is 67.3 Å². The zero-order chi connectivity index (χ0) is 27.1. The molecule has 0 N–H and O–H groups in total. The smallest absolute Gasteiger partial charge is 0.297 e. The summed E-state index contributed by atoms with van der Waals surface area (Å²) in [6, 6.07) is 18.2. The second-order valence-corrected chi connectivity index (χ2v) is 10.1. The Balaban J connectivity index is 1.49. The van der Waals surface area contributed by atoms with Gasteiger partial charge in [-0.1, -0.05) is 47.7 Å². The summed E-state index contributed by atoms with van der Waals surface area (Å²) < 4.78 is 18.1. The molecule has 0 spiro atoms. The molecule has 1 amide bonds. The monoisotopic (exact) mass is 539 g/mol. The van der Waals surface area contributed by atoms with Gasteiger partial charge >= 0.3 is 0 Å². The van der Waals surface area contributed by atoms with Crippen molar-refractivity contribution >= 4 is 33.3 Å². The third-order valence-electron chi connectivity index (χ3n) is 6.86. The van der Waals surface area contributed by atoms with Crippen LogP contribution in [0.25, 0.3) is 11.0 Å². The predicted molar refractivity (Wildman–Crippen MR) is 149 cm³/mol. The largest absolute Gasteiger partial charge is 0.490 e. The Hall–Kier alpha value is -4.50. The minimum Gasteiger partial charge on any atom is -0.490 e. The van der Waals surface area contributed by atoms with Gasteiger partial charge in [0.2, 0.25) is 10.9 Å². The number of aryl methyl sites for hydroxylation is 2. The molecule has 1 atom stereocenters. The topological polar surface area (TPSA) is 94.8 Å². The number of carbonyl (C=O) groups excluding carboxylic acids is 1. The van der Waals surface area contributed by atoms with Crippen LogP contribution >= 0.6 is 11.3 Å². The van der Waals surface area contributed by atoms with Crippen molar-refractivity contribution in [2.75, 3.05) is 11.5 Å². The van der Waals surface area contributed by atoms with E-state index < -0.39 is 11.9 Å². The van der Waals surface area contributed by atoms with Crippen molar-refractivity contribution in [2.45, 2.75) is 33.4 Å². The zero-order valence-corrected chi connectivity index (χ0v) is 22.5. The van der Waals surface area contributed by atoms with Gasteiger partial charge < -0.3 is 13.9 Å². The lowest BCUT2D eigenvalue weighted by Crippen LogP contribution is -2.29. The number of benzene rings is 3. The van der Waals surface area contributed by atoms with Crippen molar-refractivity contribution in [3.05, 3.63) is 110 Å². The van der Waals surface area contributed by atoms with E-state index in [0.717, 1.165) is 16.7 Å². The van der Waals surface area contributed by atoms with E-state index in [4.69, 9.17) is 13.9 Å². The first-order chi connectivity index (χ1) is 19.0. The number of fused-ring (bicyclic) bond motifs is 2. The fourth-order valence-corrected chi connectivity index (χ4v) is 5.42. The molecule has 1 unspecified atom stereocenters. The normalized spacial score (nSPS) is 14.6. The molecule has 5 aromatic rings. The van der Waals surface area contributed by atoms with E-state index in [0.29, 0.717) is 46.4 Å². The summed E-state index contributed by atoms with van der Waals surface area (Å²) in [7, 11) is 0. The summed E-state index contributed by atoms with van der Waals surface area (Å²) in [5.74, 6) is 0.651. The third-order valence-corrected chi connectivity index (χ3v) is 7.55. The molecule has 0 saturated heterocycles. The van der Waals surface area contributed by atoms with E-state index in [2.05, 4.69) is 10.2 Å². The lowest BCUT2D eigenvalue weighted by molar-refractivity contribution is 0.0970. The van der Waals surface area contributed by atoms with Crippen molar-refractivity contribution in [2.24, 2.45) is 0 Å². The summed E-state index contributed by atoms with van der Waals surface area (Å²) in [6.07, 6.45) is 0. The summed E-state index contributed by atoms with van der Waals surface area (Å²) in [5.41, 5.74) is 5.59. The van der Waals surface area contributed by atoms with Gasteiger partial charge in [0.15, 0.2) is 16.9 Å². The van der Waals surface area contributed by atoms with Gasteiger partial charge in [0.05, 0.1) is 23.6 Å². The number of anilines is 1. The van der Waals surface area contributed by atoms with Crippen LogP contribution in [0.2, 0.25) is 0 Å². The number of hydrogen-bond acceptors (Lipinski definition) is 8. The Kier molecular flexibility index (Phi) is 6.36. The summed E-state index contributed by atoms with van der Waals surface area (Å²) in [6.45, 7) is 6.56. The van der Waals surface area contributed by atoms with Crippen LogP contribution in [-0.4, -0.2) is 22.7 Å². The van der Waals surface area contributed by atoms with Gasteiger partial charge in [0, 0.05) is 0 Å². The van der Waals surface area contributed by atoms with E-state index in [1.54, 1.807) is 17.6 Å². The molecule has 9 heteroatoms. The minimum atomic E-state index is -0.773. The van der Waals surface area contributed by atoms with Crippen molar-refractivity contribution in [1.82, 2.24) is 10.2 Å². The standard InChI is InChI=1S/C30H25N3O5S/c1-4-36-24-14-20(10-11-22(24)37-15-19-8-6-5-7-9-19)26-25-27(34)21-12-17(2)18(3)13-23(21)38-28(25)29(35)33(26)30-32-31-16-39-30/h5-14,16,26H,4,15H2,1-3H3. The van der Waals surface area contributed by atoms with Crippen molar-refractivity contribution in [3.8, 4) is 11.5 Å². The van der Waals surface area contributed by atoms with Gasteiger partial charge in [0.1, 0.15) is 17.7 Å². The molecule has 0 aliphatic carbocycles. The first-order valence-electron chi connectivity index (χ1n) is 12.6. The molecule has 0 saturated carbocycles. The van der Waals surface area contributed by atoms with Gasteiger partial charge in [-0.25, -0.2) is 0 Å². The molecule has 1 aliphatic rings. The highest BCUT2D eigenvalue weighted by molar-refractivity contribution is 7.13. The van der Waals surface area contributed by atoms with Crippen LogP contribution in [0.1, 0.15) is 51.3 Å². The van der Waals surface area contributed by atoms with Gasteiger partial charge in [-0.2, -0.15) is 0 Å². The number of aromatic nitrogens is 2. The van der Waals surface area contributed by atoms with Gasteiger partial charge in [-0.3, -0.25) is 14.5 Å². The number of carbonyl (C=O) groups is 1. The molecule has 3 aromatic carbocycles. The molecule has 6 rings (SSSR count). The Bertz CT molecular complexity index is 1750. The average Bonchev–Trinajstić information content (AvgIpc) is 3.57. The summed E-state index contributed by atoms with van der Waals surface area (Å²) in [4.78, 5) is 29.2.